The van der Waals surface area contributed by atoms with Gasteiger partial charge in [0.05, 0.1) is 36.0 Å². The molecule has 5 aromatic rings. The van der Waals surface area contributed by atoms with Crippen molar-refractivity contribution in [3.63, 3.8) is 0 Å². The molecule has 1 fully saturated rings. The van der Waals surface area contributed by atoms with Gasteiger partial charge in [-0.05, 0) is 43.9 Å². The molecular weight excluding hydrogens is 574 g/mol. The Morgan fingerprint density at radius 3 is 2.84 bits per heavy atom. The average molecular weight is 604 g/mol. The van der Waals surface area contributed by atoms with Crippen molar-refractivity contribution in [2.75, 3.05) is 24.3 Å². The van der Waals surface area contributed by atoms with Crippen molar-refractivity contribution in [3.8, 4) is 11.6 Å². The molecule has 1 aromatic carbocycles. The molecule has 0 radical (unpaired) electrons. The summed E-state index contributed by atoms with van der Waals surface area (Å²) in [6.07, 6.45) is 8.65. The van der Waals surface area contributed by atoms with E-state index in [0.717, 1.165) is 27.7 Å². The van der Waals surface area contributed by atoms with Gasteiger partial charge in [0, 0.05) is 36.6 Å². The lowest BCUT2D eigenvalue weighted by Crippen LogP contribution is -2.47. The third-order valence-corrected chi connectivity index (χ3v) is 7.70. The van der Waals surface area contributed by atoms with E-state index in [2.05, 4.69) is 35.9 Å². The number of imidazole rings is 1. The van der Waals surface area contributed by atoms with Crippen LogP contribution in [-0.2, 0) is 17.9 Å². The van der Waals surface area contributed by atoms with Gasteiger partial charge in [-0.25, -0.2) is 19.4 Å². The van der Waals surface area contributed by atoms with Crippen LogP contribution in [0.15, 0.2) is 43.1 Å². The number of ether oxygens (including phenoxy) is 1. The zero-order chi connectivity index (χ0) is 30.1. The van der Waals surface area contributed by atoms with Crippen LogP contribution < -0.4 is 21.1 Å². The zero-order valence-corrected chi connectivity index (χ0v) is 24.4. The van der Waals surface area contributed by atoms with Crippen molar-refractivity contribution in [3.05, 3.63) is 53.7 Å². The number of fused-ring (bicyclic) bond motifs is 3. The fraction of sp³-hybridized carbons (Fsp3) is 0.321. The summed E-state index contributed by atoms with van der Waals surface area (Å²) in [7, 11) is 1.57. The number of carbonyl (C=O) groups is 2. The monoisotopic (exact) mass is 603 g/mol. The van der Waals surface area contributed by atoms with Crippen LogP contribution in [-0.4, -0.2) is 71.0 Å². The molecule has 6 rings (SSSR count). The number of nitrogens with one attached hydrogen (secondary N) is 2. The van der Waals surface area contributed by atoms with Gasteiger partial charge in [-0.3, -0.25) is 19.6 Å². The number of likely N-dealkylation sites (tertiary alicyclic amines) is 1. The highest BCUT2D eigenvalue weighted by Gasteiger charge is 2.29. The number of anilines is 2. The van der Waals surface area contributed by atoms with E-state index in [0.29, 0.717) is 65.9 Å². The first-order valence-electron chi connectivity index (χ1n) is 13.9. The number of amides is 3. The number of nitrogens with two attached hydrogens (primary N) is 1. The molecule has 0 bridgehead atoms. The van der Waals surface area contributed by atoms with E-state index in [9.17, 15) is 9.59 Å². The standard InChI is InChI=1S/C28H30ClN11O3/c1-3-40-25-18(13-34-40)23-17(12-32-25)26(37-36-24(23)31-11-16-7-8-21(43-2)19(29)10-16)38-14-22(33-15-38)35-28(42)39-9-5-4-6-20(30)27(39)41/h7-8,10,12-15,20H,3-6,9,11,30H2,1-2H3,(H,31,36)(H,35,42). The minimum atomic E-state index is -0.692. The topological polar surface area (TPSA) is 171 Å². The summed E-state index contributed by atoms with van der Waals surface area (Å²) in [5.41, 5.74) is 7.57. The van der Waals surface area contributed by atoms with E-state index in [1.54, 1.807) is 30.3 Å². The van der Waals surface area contributed by atoms with Gasteiger partial charge in [-0.1, -0.05) is 17.7 Å². The second kappa shape index (κ2) is 11.8. The lowest BCUT2D eigenvalue weighted by molar-refractivity contribution is -0.128. The molecule has 3 amide bonds. The van der Waals surface area contributed by atoms with E-state index in [4.69, 9.17) is 22.1 Å². The number of aryl methyl sites for hydroxylation is 1. The third-order valence-electron chi connectivity index (χ3n) is 7.40. The quantitative estimate of drug-likeness (QED) is 0.249. The fourth-order valence-electron chi connectivity index (χ4n) is 5.15. The molecule has 0 aliphatic carbocycles. The van der Waals surface area contributed by atoms with Crippen molar-refractivity contribution in [2.24, 2.45) is 5.73 Å². The largest absolute Gasteiger partial charge is 0.495 e. The minimum Gasteiger partial charge on any atom is -0.495 e. The van der Waals surface area contributed by atoms with E-state index in [1.807, 2.05) is 29.8 Å². The summed E-state index contributed by atoms with van der Waals surface area (Å²) in [6, 6.07) is 4.30. The number of rotatable bonds is 7. The maximum atomic E-state index is 12.9. The second-order valence-electron chi connectivity index (χ2n) is 10.1. The normalized spacial score (nSPS) is 15.6. The van der Waals surface area contributed by atoms with Crippen molar-refractivity contribution >= 4 is 57.0 Å². The van der Waals surface area contributed by atoms with Crippen LogP contribution in [0.1, 0.15) is 31.7 Å². The Bertz CT molecular complexity index is 1840. The number of pyridine rings is 1. The number of carbonyl (C=O) groups excluding carboxylic acids is 2. The maximum Gasteiger partial charge on any atom is 0.329 e. The number of imide groups is 1. The molecule has 1 saturated heterocycles. The molecule has 4 aromatic heterocycles. The minimum absolute atomic E-state index is 0.247. The first-order chi connectivity index (χ1) is 20.9. The first kappa shape index (κ1) is 28.3. The van der Waals surface area contributed by atoms with E-state index in [1.165, 1.54) is 6.33 Å². The van der Waals surface area contributed by atoms with Crippen molar-refractivity contribution in [2.45, 2.75) is 45.3 Å². The van der Waals surface area contributed by atoms with Gasteiger partial charge < -0.3 is 15.8 Å². The maximum absolute atomic E-state index is 12.9. The Labute approximate surface area is 251 Å². The van der Waals surface area contributed by atoms with Crippen LogP contribution in [0, 0.1) is 0 Å². The number of aromatic nitrogens is 7. The lowest BCUT2D eigenvalue weighted by atomic mass is 10.1. The van der Waals surface area contributed by atoms with E-state index in [-0.39, 0.29) is 5.82 Å². The molecule has 222 valence electrons. The smallest absolute Gasteiger partial charge is 0.329 e. The molecule has 0 spiro atoms. The Kier molecular flexibility index (Phi) is 7.78. The van der Waals surface area contributed by atoms with Gasteiger partial charge in [0.15, 0.2) is 23.1 Å². The Morgan fingerprint density at radius 1 is 1.19 bits per heavy atom. The molecule has 0 saturated carbocycles. The Morgan fingerprint density at radius 2 is 2.05 bits per heavy atom. The predicted molar refractivity (Wildman–Crippen MR) is 161 cm³/mol. The lowest BCUT2D eigenvalue weighted by Gasteiger charge is -2.20. The second-order valence-corrected chi connectivity index (χ2v) is 10.5. The molecule has 14 nitrogen and oxygen atoms in total. The van der Waals surface area contributed by atoms with Gasteiger partial charge in [0.2, 0.25) is 5.91 Å². The summed E-state index contributed by atoms with van der Waals surface area (Å²) >= 11 is 6.33. The van der Waals surface area contributed by atoms with Gasteiger partial charge in [0.1, 0.15) is 12.1 Å². The van der Waals surface area contributed by atoms with Crippen LogP contribution in [0.5, 0.6) is 5.75 Å². The Hall–Kier alpha value is -4.82. The van der Waals surface area contributed by atoms with Crippen LogP contribution in [0.4, 0.5) is 16.4 Å². The number of urea groups is 1. The number of halogens is 1. The van der Waals surface area contributed by atoms with E-state index < -0.39 is 18.0 Å². The molecule has 4 N–H and O–H groups in total. The third kappa shape index (κ3) is 5.42. The Balaban J connectivity index is 1.33. The predicted octanol–water partition coefficient (Wildman–Crippen LogP) is 3.73. The highest BCUT2D eigenvalue weighted by Crippen LogP contribution is 2.32. The number of hydrogen-bond acceptors (Lipinski definition) is 10. The van der Waals surface area contributed by atoms with Crippen LogP contribution in [0.3, 0.4) is 0 Å². The summed E-state index contributed by atoms with van der Waals surface area (Å²) < 4.78 is 8.71. The summed E-state index contributed by atoms with van der Waals surface area (Å²) in [4.78, 5) is 35.6. The van der Waals surface area contributed by atoms with Crippen LogP contribution in [0.25, 0.3) is 27.6 Å². The van der Waals surface area contributed by atoms with Crippen LogP contribution in [0.2, 0.25) is 5.02 Å². The van der Waals surface area contributed by atoms with Gasteiger partial charge in [0.25, 0.3) is 0 Å². The number of benzene rings is 1. The summed E-state index contributed by atoms with van der Waals surface area (Å²) in [6.45, 7) is 3.38. The van der Waals surface area contributed by atoms with Crippen molar-refractivity contribution in [1.29, 1.82) is 0 Å². The molecule has 1 unspecified atom stereocenters. The summed E-state index contributed by atoms with van der Waals surface area (Å²) in [5.74, 6) is 1.44. The van der Waals surface area contributed by atoms with Crippen molar-refractivity contribution in [1.82, 2.24) is 39.4 Å². The van der Waals surface area contributed by atoms with Crippen LogP contribution >= 0.6 is 11.6 Å². The fourth-order valence-corrected chi connectivity index (χ4v) is 5.43. The average Bonchev–Trinajstić information content (AvgIpc) is 3.62. The molecule has 43 heavy (non-hydrogen) atoms. The van der Waals surface area contributed by atoms with Gasteiger partial charge >= 0.3 is 6.03 Å². The zero-order valence-electron chi connectivity index (χ0n) is 23.6. The highest BCUT2D eigenvalue weighted by molar-refractivity contribution is 6.32. The molecule has 1 aliphatic heterocycles. The van der Waals surface area contributed by atoms with Crippen molar-refractivity contribution < 1.29 is 14.3 Å². The molecule has 15 heteroatoms. The van der Waals surface area contributed by atoms with Gasteiger partial charge in [-0.2, -0.15) is 5.10 Å². The SMILES string of the molecule is CCn1ncc2c3c(NCc4ccc(OC)c(Cl)c4)nnc(-n4cnc(NC(=O)N5CCCCC(N)C5=O)c4)c3cnc21. The van der Waals surface area contributed by atoms with E-state index >= 15 is 0 Å². The number of hydrogen-bond donors (Lipinski definition) is 3. The molecule has 1 aliphatic rings. The number of methoxy groups -OCH3 is 1. The first-order valence-corrected chi connectivity index (χ1v) is 14.2. The molecule has 5 heterocycles. The molecule has 1 atom stereocenters. The molecular formula is C28H30ClN11O3. The van der Waals surface area contributed by atoms with Gasteiger partial charge in [-0.15, -0.1) is 10.2 Å². The summed E-state index contributed by atoms with van der Waals surface area (Å²) in [5, 5.41) is 22.4. The highest BCUT2D eigenvalue weighted by atomic mass is 35.5. The number of nitrogens with zero attached hydrogens (tertiary/aromatic N) is 8.